The van der Waals surface area contributed by atoms with Crippen LogP contribution in [-0.2, 0) is 12.8 Å². The highest BCUT2D eigenvalue weighted by molar-refractivity contribution is 5.83. The van der Waals surface area contributed by atoms with E-state index in [-0.39, 0.29) is 11.4 Å². The van der Waals surface area contributed by atoms with E-state index >= 15 is 0 Å². The Bertz CT molecular complexity index is 481. The molecule has 1 aliphatic heterocycles. The number of aromatic nitrogens is 2. The number of aromatic amines is 1. The van der Waals surface area contributed by atoms with Crippen molar-refractivity contribution in [3.63, 3.8) is 0 Å². The molecule has 1 aromatic rings. The van der Waals surface area contributed by atoms with Crippen LogP contribution in [0.2, 0.25) is 0 Å². The van der Waals surface area contributed by atoms with Crippen LogP contribution in [-0.4, -0.2) is 46.1 Å². The fraction of sp³-hybridized carbons (Fsp3) is 0.500. The van der Waals surface area contributed by atoms with Crippen molar-refractivity contribution in [2.45, 2.75) is 12.8 Å². The van der Waals surface area contributed by atoms with Crippen LogP contribution in [0.15, 0.2) is 4.79 Å². The van der Waals surface area contributed by atoms with Crippen LogP contribution >= 0.6 is 0 Å². The maximum atomic E-state index is 11.7. The fourth-order valence-corrected chi connectivity index (χ4v) is 1.82. The van der Waals surface area contributed by atoms with Crippen LogP contribution in [0.4, 0.5) is 0 Å². The van der Waals surface area contributed by atoms with Crippen LogP contribution in [0.25, 0.3) is 0 Å². The molecule has 0 unspecified atom stereocenters. The molecule has 1 aromatic heterocycles. The van der Waals surface area contributed by atoms with Gasteiger partial charge in [0.15, 0.2) is 0 Å². The van der Waals surface area contributed by atoms with Gasteiger partial charge < -0.3 is 15.0 Å². The SMILES string of the molecule is CN1CCc2nc(C(=O)O)[nH]c(=O)c2CC1. The Hall–Kier alpha value is -1.69. The summed E-state index contributed by atoms with van der Waals surface area (Å²) in [6.45, 7) is 1.59. The second kappa shape index (κ2) is 4.05. The second-order valence-corrected chi connectivity index (χ2v) is 3.95. The molecule has 0 radical (unpaired) electrons. The van der Waals surface area contributed by atoms with Crippen molar-refractivity contribution in [3.05, 3.63) is 27.4 Å². The first kappa shape index (κ1) is 10.8. The van der Waals surface area contributed by atoms with Gasteiger partial charge in [0.2, 0.25) is 5.82 Å². The number of nitrogens with zero attached hydrogens (tertiary/aromatic N) is 2. The van der Waals surface area contributed by atoms with Gasteiger partial charge in [0.1, 0.15) is 0 Å². The number of fused-ring (bicyclic) bond motifs is 1. The summed E-state index contributed by atoms with van der Waals surface area (Å²) in [5, 5.41) is 8.79. The van der Waals surface area contributed by atoms with E-state index in [9.17, 15) is 9.59 Å². The maximum absolute atomic E-state index is 11.7. The Morgan fingerprint density at radius 3 is 2.81 bits per heavy atom. The standard InChI is InChI=1S/C10H13N3O3/c1-13-4-2-6-7(3-5-13)11-8(10(15)16)12-9(6)14/h2-5H2,1H3,(H,15,16)(H,11,12,14). The summed E-state index contributed by atoms with van der Waals surface area (Å²) >= 11 is 0. The van der Waals surface area contributed by atoms with Crippen molar-refractivity contribution in [2.24, 2.45) is 0 Å². The average Bonchev–Trinajstić information content (AvgIpc) is 2.41. The minimum Gasteiger partial charge on any atom is -0.475 e. The molecular weight excluding hydrogens is 210 g/mol. The lowest BCUT2D eigenvalue weighted by Crippen LogP contribution is -2.23. The number of carboxylic acids is 1. The van der Waals surface area contributed by atoms with Gasteiger partial charge in [0, 0.05) is 25.1 Å². The summed E-state index contributed by atoms with van der Waals surface area (Å²) in [4.78, 5) is 30.8. The highest BCUT2D eigenvalue weighted by Crippen LogP contribution is 2.09. The van der Waals surface area contributed by atoms with Crippen LogP contribution in [0.3, 0.4) is 0 Å². The number of rotatable bonds is 1. The monoisotopic (exact) mass is 223 g/mol. The van der Waals surface area contributed by atoms with Crippen molar-refractivity contribution >= 4 is 5.97 Å². The zero-order valence-electron chi connectivity index (χ0n) is 8.99. The van der Waals surface area contributed by atoms with E-state index in [0.717, 1.165) is 13.1 Å². The molecule has 86 valence electrons. The molecule has 0 amide bonds. The number of aromatic carboxylic acids is 1. The number of H-pyrrole nitrogens is 1. The van der Waals surface area contributed by atoms with E-state index < -0.39 is 5.97 Å². The summed E-state index contributed by atoms with van der Waals surface area (Å²) < 4.78 is 0. The summed E-state index contributed by atoms with van der Waals surface area (Å²) in [6, 6.07) is 0. The number of nitrogens with one attached hydrogen (secondary N) is 1. The minimum absolute atomic E-state index is 0.270. The quantitative estimate of drug-likeness (QED) is 0.670. The van der Waals surface area contributed by atoms with Gasteiger partial charge in [-0.3, -0.25) is 4.79 Å². The van der Waals surface area contributed by atoms with Crippen LogP contribution < -0.4 is 5.56 Å². The molecule has 6 heteroatoms. The first-order chi connectivity index (χ1) is 7.58. The van der Waals surface area contributed by atoms with Gasteiger partial charge in [-0.25, -0.2) is 9.78 Å². The summed E-state index contributed by atoms with van der Waals surface area (Å²) in [5.74, 6) is -1.47. The smallest absolute Gasteiger partial charge is 0.372 e. The number of carboxylic acid groups (broad SMARTS) is 1. The van der Waals surface area contributed by atoms with Crippen molar-refractivity contribution < 1.29 is 9.90 Å². The number of carbonyl (C=O) groups is 1. The molecule has 0 aliphatic carbocycles. The molecule has 0 atom stereocenters. The molecule has 2 rings (SSSR count). The molecular formula is C10H13N3O3. The fourth-order valence-electron chi connectivity index (χ4n) is 1.82. The lowest BCUT2D eigenvalue weighted by Gasteiger charge is -2.10. The predicted molar refractivity (Wildman–Crippen MR) is 56.7 cm³/mol. The first-order valence-electron chi connectivity index (χ1n) is 5.12. The van der Waals surface area contributed by atoms with Gasteiger partial charge in [-0.2, -0.15) is 0 Å². The van der Waals surface area contributed by atoms with Crippen LogP contribution in [0.5, 0.6) is 0 Å². The molecule has 2 N–H and O–H groups in total. The van der Waals surface area contributed by atoms with Crippen LogP contribution in [0.1, 0.15) is 21.9 Å². The number of likely N-dealkylation sites (N-methyl/N-ethyl adjacent to an activating group) is 1. The largest absolute Gasteiger partial charge is 0.475 e. The molecule has 1 aliphatic rings. The van der Waals surface area contributed by atoms with Crippen molar-refractivity contribution in [1.82, 2.24) is 14.9 Å². The third-order valence-corrected chi connectivity index (χ3v) is 2.78. The molecule has 0 fully saturated rings. The molecule has 0 aromatic carbocycles. The summed E-state index contributed by atoms with van der Waals surface area (Å²) in [5.41, 5.74) is 0.914. The summed E-state index contributed by atoms with van der Waals surface area (Å²) in [7, 11) is 1.97. The Morgan fingerprint density at radius 2 is 2.12 bits per heavy atom. The van der Waals surface area contributed by atoms with E-state index in [4.69, 9.17) is 5.11 Å². The Morgan fingerprint density at radius 1 is 1.44 bits per heavy atom. The zero-order chi connectivity index (χ0) is 11.7. The summed E-state index contributed by atoms with van der Waals surface area (Å²) in [6.07, 6.45) is 1.24. The van der Waals surface area contributed by atoms with Gasteiger partial charge in [-0.15, -0.1) is 0 Å². The van der Waals surface area contributed by atoms with Gasteiger partial charge in [-0.1, -0.05) is 0 Å². The highest BCUT2D eigenvalue weighted by Gasteiger charge is 2.18. The van der Waals surface area contributed by atoms with E-state index in [2.05, 4.69) is 14.9 Å². The molecule has 0 spiro atoms. The Balaban J connectivity index is 2.48. The third-order valence-electron chi connectivity index (χ3n) is 2.78. The first-order valence-corrected chi connectivity index (χ1v) is 5.12. The van der Waals surface area contributed by atoms with Gasteiger partial charge in [0.05, 0.1) is 5.69 Å². The molecule has 0 saturated carbocycles. The topological polar surface area (TPSA) is 86.3 Å². The molecule has 16 heavy (non-hydrogen) atoms. The van der Waals surface area contributed by atoms with Crippen molar-refractivity contribution in [2.75, 3.05) is 20.1 Å². The van der Waals surface area contributed by atoms with E-state index in [1.54, 1.807) is 0 Å². The zero-order valence-corrected chi connectivity index (χ0v) is 8.99. The van der Waals surface area contributed by atoms with Gasteiger partial charge >= 0.3 is 5.97 Å². The normalized spacial score (nSPS) is 16.6. The number of hydrogen-bond donors (Lipinski definition) is 2. The molecule has 2 heterocycles. The predicted octanol–water partition coefficient (Wildman–Crippen LogP) is -0.502. The van der Waals surface area contributed by atoms with Crippen molar-refractivity contribution in [1.29, 1.82) is 0 Å². The molecule has 6 nitrogen and oxygen atoms in total. The lowest BCUT2D eigenvalue weighted by atomic mass is 10.1. The van der Waals surface area contributed by atoms with Crippen molar-refractivity contribution in [3.8, 4) is 0 Å². The van der Waals surface area contributed by atoms with E-state index in [0.29, 0.717) is 24.1 Å². The number of hydrogen-bond acceptors (Lipinski definition) is 4. The maximum Gasteiger partial charge on any atom is 0.372 e. The molecule has 0 bridgehead atoms. The van der Waals surface area contributed by atoms with Crippen LogP contribution in [0, 0.1) is 0 Å². The average molecular weight is 223 g/mol. The van der Waals surface area contributed by atoms with Gasteiger partial charge in [0.25, 0.3) is 5.56 Å². The van der Waals surface area contributed by atoms with Gasteiger partial charge in [-0.05, 0) is 13.5 Å². The Labute approximate surface area is 91.9 Å². The lowest BCUT2D eigenvalue weighted by molar-refractivity contribution is 0.0682. The third kappa shape index (κ3) is 1.96. The minimum atomic E-state index is -1.20. The van der Waals surface area contributed by atoms with E-state index in [1.807, 2.05) is 7.05 Å². The second-order valence-electron chi connectivity index (χ2n) is 3.95. The van der Waals surface area contributed by atoms with E-state index in [1.165, 1.54) is 0 Å². The molecule has 0 saturated heterocycles. The Kier molecular flexibility index (Phi) is 2.74. The highest BCUT2D eigenvalue weighted by atomic mass is 16.4.